The third-order valence-corrected chi connectivity index (χ3v) is 2.78. The summed E-state index contributed by atoms with van der Waals surface area (Å²) in [6.45, 7) is 5.28. The van der Waals surface area contributed by atoms with Gasteiger partial charge in [-0.3, -0.25) is 4.79 Å². The van der Waals surface area contributed by atoms with Crippen molar-refractivity contribution < 1.29 is 4.79 Å². The smallest absolute Gasteiger partial charge is 0.256 e. The van der Waals surface area contributed by atoms with Gasteiger partial charge in [0.2, 0.25) is 0 Å². The molecule has 94 valence electrons. The van der Waals surface area contributed by atoms with E-state index in [1.165, 1.54) is 11.0 Å². The molecule has 0 radical (unpaired) electrons. The molecule has 1 heterocycles. The van der Waals surface area contributed by atoms with Gasteiger partial charge < -0.3 is 4.90 Å². The highest BCUT2D eigenvalue weighted by Gasteiger charge is 2.17. The highest BCUT2D eigenvalue weighted by molar-refractivity contribution is 5.97. The number of benzene rings is 1. The predicted octanol–water partition coefficient (Wildman–Crippen LogP) is 1.14. The van der Waals surface area contributed by atoms with Crippen molar-refractivity contribution in [2.24, 2.45) is 0 Å². The first-order valence-electron chi connectivity index (χ1n) is 5.89. The average Bonchev–Trinajstić information content (AvgIpc) is 2.94. The molecule has 0 N–H and O–H groups in total. The molecule has 0 saturated carbocycles. The third kappa shape index (κ3) is 2.22. The molecule has 1 aromatic heterocycles. The minimum absolute atomic E-state index is 0.00824. The van der Waals surface area contributed by atoms with Crippen LogP contribution in [0, 0.1) is 0 Å². The lowest BCUT2D eigenvalue weighted by Crippen LogP contribution is -2.31. The number of carbonyl (C=O) groups is 1. The maximum Gasteiger partial charge on any atom is 0.256 e. The van der Waals surface area contributed by atoms with Crippen LogP contribution in [0.15, 0.2) is 30.6 Å². The zero-order chi connectivity index (χ0) is 13.0. The van der Waals surface area contributed by atoms with E-state index in [0.29, 0.717) is 24.3 Å². The molecule has 0 unspecified atom stereocenters. The molecule has 2 aromatic rings. The van der Waals surface area contributed by atoms with E-state index in [4.69, 9.17) is 0 Å². The van der Waals surface area contributed by atoms with Crippen LogP contribution in [-0.4, -0.2) is 44.1 Å². The summed E-state index contributed by atoms with van der Waals surface area (Å²) in [5.74, 6) is -0.00824. The van der Waals surface area contributed by atoms with Crippen molar-refractivity contribution in [1.29, 1.82) is 0 Å². The van der Waals surface area contributed by atoms with E-state index in [9.17, 15) is 4.79 Å². The van der Waals surface area contributed by atoms with Gasteiger partial charge in [-0.15, -0.1) is 5.10 Å². The molecule has 0 saturated heterocycles. The molecule has 2 rings (SSSR count). The Morgan fingerprint density at radius 1 is 1.28 bits per heavy atom. The molecule has 0 aliphatic heterocycles. The molecular weight excluding hydrogens is 230 g/mol. The Morgan fingerprint density at radius 2 is 2.00 bits per heavy atom. The SMILES string of the molecule is CCN(CC)C(=O)c1ccccc1-n1cnnn1. The monoisotopic (exact) mass is 245 g/mol. The maximum atomic E-state index is 12.4. The van der Waals surface area contributed by atoms with Gasteiger partial charge in [0.1, 0.15) is 6.33 Å². The quantitative estimate of drug-likeness (QED) is 0.810. The number of hydrogen-bond acceptors (Lipinski definition) is 4. The molecule has 0 aliphatic rings. The number of carbonyl (C=O) groups excluding carboxylic acids is 1. The molecule has 0 spiro atoms. The molecule has 18 heavy (non-hydrogen) atoms. The third-order valence-electron chi connectivity index (χ3n) is 2.78. The number of hydrogen-bond donors (Lipinski definition) is 0. The Bertz CT molecular complexity index is 519. The second-order valence-corrected chi connectivity index (χ2v) is 3.75. The van der Waals surface area contributed by atoms with Gasteiger partial charge in [-0.2, -0.15) is 4.68 Å². The summed E-state index contributed by atoms with van der Waals surface area (Å²) in [5, 5.41) is 11.0. The molecule has 1 amide bonds. The van der Waals surface area contributed by atoms with E-state index in [1.54, 1.807) is 11.0 Å². The second kappa shape index (κ2) is 5.39. The summed E-state index contributed by atoms with van der Waals surface area (Å²) in [4.78, 5) is 14.1. The van der Waals surface area contributed by atoms with E-state index >= 15 is 0 Å². The largest absolute Gasteiger partial charge is 0.339 e. The van der Waals surface area contributed by atoms with E-state index < -0.39 is 0 Å². The number of aromatic nitrogens is 4. The van der Waals surface area contributed by atoms with Crippen molar-refractivity contribution in [2.45, 2.75) is 13.8 Å². The summed E-state index contributed by atoms with van der Waals surface area (Å²) in [5.41, 5.74) is 1.30. The van der Waals surface area contributed by atoms with E-state index in [-0.39, 0.29) is 5.91 Å². The van der Waals surface area contributed by atoms with Crippen LogP contribution in [0.3, 0.4) is 0 Å². The van der Waals surface area contributed by atoms with Crippen LogP contribution in [-0.2, 0) is 0 Å². The molecule has 0 bridgehead atoms. The van der Waals surface area contributed by atoms with Gasteiger partial charge in [-0.1, -0.05) is 12.1 Å². The zero-order valence-electron chi connectivity index (χ0n) is 10.4. The number of tetrazole rings is 1. The highest BCUT2D eigenvalue weighted by atomic mass is 16.2. The van der Waals surface area contributed by atoms with E-state index in [0.717, 1.165) is 0 Å². The fourth-order valence-corrected chi connectivity index (χ4v) is 1.81. The van der Waals surface area contributed by atoms with E-state index in [1.807, 2.05) is 32.0 Å². The number of rotatable bonds is 4. The minimum atomic E-state index is -0.00824. The summed E-state index contributed by atoms with van der Waals surface area (Å²) in [7, 11) is 0. The van der Waals surface area contributed by atoms with Crippen LogP contribution in [0.2, 0.25) is 0 Å². The van der Waals surface area contributed by atoms with Gasteiger partial charge in [0.15, 0.2) is 0 Å². The molecule has 1 aromatic carbocycles. The first-order valence-corrected chi connectivity index (χ1v) is 5.89. The normalized spacial score (nSPS) is 10.3. The topological polar surface area (TPSA) is 63.9 Å². The van der Waals surface area contributed by atoms with Crippen LogP contribution in [0.1, 0.15) is 24.2 Å². The first kappa shape index (κ1) is 12.2. The Kier molecular flexibility index (Phi) is 3.66. The Balaban J connectivity index is 2.42. The van der Waals surface area contributed by atoms with Crippen molar-refractivity contribution in [3.8, 4) is 5.69 Å². The predicted molar refractivity (Wildman–Crippen MR) is 66.4 cm³/mol. The van der Waals surface area contributed by atoms with Crippen molar-refractivity contribution in [3.05, 3.63) is 36.2 Å². The van der Waals surface area contributed by atoms with Crippen LogP contribution < -0.4 is 0 Å². The van der Waals surface area contributed by atoms with Crippen molar-refractivity contribution in [2.75, 3.05) is 13.1 Å². The standard InChI is InChI=1S/C12H15N5O/c1-3-16(4-2)12(18)10-7-5-6-8-11(10)17-9-13-14-15-17/h5-9H,3-4H2,1-2H3. The van der Waals surface area contributed by atoms with Gasteiger partial charge in [0.25, 0.3) is 5.91 Å². The lowest BCUT2D eigenvalue weighted by Gasteiger charge is -2.19. The first-order chi connectivity index (χ1) is 8.77. The fourth-order valence-electron chi connectivity index (χ4n) is 1.81. The molecule has 0 fully saturated rings. The molecule has 6 heteroatoms. The summed E-state index contributed by atoms with van der Waals surface area (Å²) in [6.07, 6.45) is 1.48. The maximum absolute atomic E-state index is 12.4. The van der Waals surface area contributed by atoms with Gasteiger partial charge in [-0.05, 0) is 36.4 Å². The molecular formula is C12H15N5O. The Labute approximate surface area is 105 Å². The summed E-state index contributed by atoms with van der Waals surface area (Å²) in [6, 6.07) is 7.31. The average molecular weight is 245 g/mol. The van der Waals surface area contributed by atoms with Crippen LogP contribution in [0.5, 0.6) is 0 Å². The van der Waals surface area contributed by atoms with Gasteiger partial charge in [-0.25, -0.2) is 0 Å². The van der Waals surface area contributed by atoms with Crippen molar-refractivity contribution in [1.82, 2.24) is 25.1 Å². The Hall–Kier alpha value is -2.24. The van der Waals surface area contributed by atoms with Crippen molar-refractivity contribution >= 4 is 5.91 Å². The number of para-hydroxylation sites is 1. The number of amides is 1. The van der Waals surface area contributed by atoms with Crippen molar-refractivity contribution in [3.63, 3.8) is 0 Å². The minimum Gasteiger partial charge on any atom is -0.339 e. The molecule has 6 nitrogen and oxygen atoms in total. The van der Waals surface area contributed by atoms with Crippen LogP contribution >= 0.6 is 0 Å². The van der Waals surface area contributed by atoms with Gasteiger partial charge in [0, 0.05) is 13.1 Å². The van der Waals surface area contributed by atoms with Crippen LogP contribution in [0.4, 0.5) is 0 Å². The fraction of sp³-hybridized carbons (Fsp3) is 0.333. The summed E-state index contributed by atoms with van der Waals surface area (Å²) < 4.78 is 1.50. The van der Waals surface area contributed by atoms with Gasteiger partial charge >= 0.3 is 0 Å². The van der Waals surface area contributed by atoms with E-state index in [2.05, 4.69) is 15.5 Å². The summed E-state index contributed by atoms with van der Waals surface area (Å²) >= 11 is 0. The number of nitrogens with zero attached hydrogens (tertiary/aromatic N) is 5. The molecule has 0 aliphatic carbocycles. The lowest BCUT2D eigenvalue weighted by atomic mass is 10.1. The lowest BCUT2D eigenvalue weighted by molar-refractivity contribution is 0.0773. The molecule has 0 atom stereocenters. The highest BCUT2D eigenvalue weighted by Crippen LogP contribution is 2.15. The van der Waals surface area contributed by atoms with Gasteiger partial charge in [0.05, 0.1) is 11.3 Å². The van der Waals surface area contributed by atoms with Crippen LogP contribution in [0.25, 0.3) is 5.69 Å². The second-order valence-electron chi connectivity index (χ2n) is 3.75. The zero-order valence-corrected chi connectivity index (χ0v) is 10.4. The Morgan fingerprint density at radius 3 is 2.61 bits per heavy atom.